The van der Waals surface area contributed by atoms with Gasteiger partial charge in [0.2, 0.25) is 0 Å². The minimum absolute atomic E-state index is 0.153. The third-order valence-corrected chi connectivity index (χ3v) is 5.31. The summed E-state index contributed by atoms with van der Waals surface area (Å²) in [6.45, 7) is 6.69. The Morgan fingerprint density at radius 3 is 1.52 bits per heavy atom. The summed E-state index contributed by atoms with van der Waals surface area (Å²) >= 11 is 0. The minimum atomic E-state index is -0.296. The van der Waals surface area contributed by atoms with Gasteiger partial charge in [-0.05, 0) is 19.3 Å². The van der Waals surface area contributed by atoms with Gasteiger partial charge >= 0.3 is 11.9 Å². The normalized spacial score (nSPS) is 12.0. The van der Waals surface area contributed by atoms with E-state index < -0.39 is 0 Å². The number of esters is 2. The maximum Gasteiger partial charge on any atom is 0.306 e. The summed E-state index contributed by atoms with van der Waals surface area (Å²) in [5.74, 6) is -0.317. The first-order valence-corrected chi connectivity index (χ1v) is 12.5. The Kier molecular flexibility index (Phi) is 20.9. The van der Waals surface area contributed by atoms with Crippen molar-refractivity contribution >= 4 is 11.9 Å². The van der Waals surface area contributed by atoms with Gasteiger partial charge in [0.05, 0.1) is 0 Å². The van der Waals surface area contributed by atoms with Crippen molar-refractivity contribution < 1.29 is 19.1 Å². The Morgan fingerprint density at radius 2 is 1.03 bits per heavy atom. The molecule has 0 aliphatic heterocycles. The zero-order chi connectivity index (χ0) is 21.6. The predicted molar refractivity (Wildman–Crippen MR) is 121 cm³/mol. The van der Waals surface area contributed by atoms with E-state index in [1.165, 1.54) is 64.2 Å². The zero-order valence-corrected chi connectivity index (χ0v) is 19.6. The highest BCUT2D eigenvalue weighted by Crippen LogP contribution is 2.12. The summed E-state index contributed by atoms with van der Waals surface area (Å²) in [6, 6.07) is 0. The monoisotopic (exact) mass is 412 g/mol. The molecule has 0 radical (unpaired) electrons. The number of hydrogen-bond donors (Lipinski definition) is 0. The van der Waals surface area contributed by atoms with Gasteiger partial charge in [-0.2, -0.15) is 0 Å². The molecule has 1 atom stereocenters. The molecule has 0 saturated carbocycles. The van der Waals surface area contributed by atoms with Crippen molar-refractivity contribution in [2.45, 2.75) is 142 Å². The van der Waals surface area contributed by atoms with Crippen molar-refractivity contribution in [3.8, 4) is 0 Å². The predicted octanol–water partition coefficient (Wildman–Crippen LogP) is 7.52. The number of ether oxygens (including phenoxy) is 2. The van der Waals surface area contributed by atoms with E-state index in [0.29, 0.717) is 12.8 Å². The molecule has 0 amide bonds. The SMILES string of the molecule is CCCCCCCCCC(=O)OCC(CCC)OC(=O)CCCCCCCCC. The van der Waals surface area contributed by atoms with Gasteiger partial charge in [-0.3, -0.25) is 9.59 Å². The van der Waals surface area contributed by atoms with Gasteiger partial charge in [0.25, 0.3) is 0 Å². The quantitative estimate of drug-likeness (QED) is 0.144. The van der Waals surface area contributed by atoms with Crippen LogP contribution in [0.15, 0.2) is 0 Å². The van der Waals surface area contributed by atoms with E-state index in [9.17, 15) is 9.59 Å². The van der Waals surface area contributed by atoms with Crippen LogP contribution >= 0.6 is 0 Å². The Balaban J connectivity index is 3.80. The van der Waals surface area contributed by atoms with Crippen LogP contribution in [0.2, 0.25) is 0 Å². The van der Waals surface area contributed by atoms with E-state index in [0.717, 1.165) is 38.5 Å². The van der Waals surface area contributed by atoms with Crippen molar-refractivity contribution in [2.24, 2.45) is 0 Å². The Morgan fingerprint density at radius 1 is 0.586 bits per heavy atom. The van der Waals surface area contributed by atoms with Crippen LogP contribution < -0.4 is 0 Å². The lowest BCUT2D eigenvalue weighted by Crippen LogP contribution is -2.25. The zero-order valence-electron chi connectivity index (χ0n) is 19.6. The van der Waals surface area contributed by atoms with Gasteiger partial charge in [-0.15, -0.1) is 0 Å². The first kappa shape index (κ1) is 27.9. The van der Waals surface area contributed by atoms with Gasteiger partial charge < -0.3 is 9.47 Å². The van der Waals surface area contributed by atoms with Crippen molar-refractivity contribution in [1.29, 1.82) is 0 Å². The molecule has 0 aromatic heterocycles. The fourth-order valence-corrected chi connectivity index (χ4v) is 3.45. The lowest BCUT2D eigenvalue weighted by molar-refractivity contribution is -0.159. The Hall–Kier alpha value is -1.06. The Labute approximate surface area is 180 Å². The van der Waals surface area contributed by atoms with Crippen LogP contribution in [0, 0.1) is 0 Å². The summed E-state index contributed by atoms with van der Waals surface area (Å²) in [6.07, 6.45) is 18.9. The molecule has 0 bridgehead atoms. The smallest absolute Gasteiger partial charge is 0.306 e. The van der Waals surface area contributed by atoms with Gasteiger partial charge in [-0.1, -0.05) is 104 Å². The molecule has 0 spiro atoms. The molecule has 0 fully saturated rings. The number of carbonyl (C=O) groups excluding carboxylic acids is 2. The molecule has 0 aliphatic carbocycles. The molecule has 0 heterocycles. The van der Waals surface area contributed by atoms with Crippen molar-refractivity contribution in [1.82, 2.24) is 0 Å². The highest BCUT2D eigenvalue weighted by Gasteiger charge is 2.16. The third kappa shape index (κ3) is 20.0. The fraction of sp³-hybridized carbons (Fsp3) is 0.920. The van der Waals surface area contributed by atoms with Gasteiger partial charge in [-0.25, -0.2) is 0 Å². The molecular weight excluding hydrogens is 364 g/mol. The fourth-order valence-electron chi connectivity index (χ4n) is 3.45. The molecule has 0 rings (SSSR count). The molecule has 0 aromatic carbocycles. The van der Waals surface area contributed by atoms with E-state index >= 15 is 0 Å². The summed E-state index contributed by atoms with van der Waals surface area (Å²) in [4.78, 5) is 24.0. The maximum atomic E-state index is 12.1. The van der Waals surface area contributed by atoms with Crippen LogP contribution in [0.3, 0.4) is 0 Å². The standard InChI is InChI=1S/C25H48O4/c1-4-7-9-11-13-15-17-20-24(26)28-22-23(19-6-3)29-25(27)21-18-16-14-12-10-8-5-2/h23H,4-22H2,1-3H3. The molecule has 4 heteroatoms. The molecule has 0 aliphatic rings. The molecule has 4 nitrogen and oxygen atoms in total. The molecule has 1 unspecified atom stereocenters. The second kappa shape index (κ2) is 21.6. The first-order valence-electron chi connectivity index (χ1n) is 12.5. The summed E-state index contributed by atoms with van der Waals surface area (Å²) < 4.78 is 10.9. The van der Waals surface area contributed by atoms with Crippen LogP contribution in [-0.4, -0.2) is 24.6 Å². The van der Waals surface area contributed by atoms with E-state index in [-0.39, 0.29) is 24.6 Å². The van der Waals surface area contributed by atoms with Gasteiger partial charge in [0.15, 0.2) is 0 Å². The van der Waals surface area contributed by atoms with Crippen LogP contribution in [0.25, 0.3) is 0 Å². The van der Waals surface area contributed by atoms with Crippen molar-refractivity contribution in [3.05, 3.63) is 0 Å². The first-order chi connectivity index (χ1) is 14.1. The average Bonchev–Trinajstić information content (AvgIpc) is 2.71. The maximum absolute atomic E-state index is 12.1. The minimum Gasteiger partial charge on any atom is -0.462 e. The van der Waals surface area contributed by atoms with E-state index in [1.54, 1.807) is 0 Å². The highest BCUT2D eigenvalue weighted by molar-refractivity contribution is 5.70. The molecule has 0 saturated heterocycles. The average molecular weight is 413 g/mol. The van der Waals surface area contributed by atoms with Gasteiger partial charge in [0, 0.05) is 12.8 Å². The van der Waals surface area contributed by atoms with Crippen LogP contribution in [-0.2, 0) is 19.1 Å². The number of unbranched alkanes of at least 4 members (excludes halogenated alkanes) is 12. The second-order valence-corrected chi connectivity index (χ2v) is 8.33. The molecular formula is C25H48O4. The van der Waals surface area contributed by atoms with Crippen LogP contribution in [0.5, 0.6) is 0 Å². The molecule has 0 aromatic rings. The van der Waals surface area contributed by atoms with E-state index in [4.69, 9.17) is 9.47 Å². The number of carbonyl (C=O) groups is 2. The van der Waals surface area contributed by atoms with Crippen molar-refractivity contribution in [2.75, 3.05) is 6.61 Å². The lowest BCUT2D eigenvalue weighted by atomic mass is 10.1. The molecule has 29 heavy (non-hydrogen) atoms. The lowest BCUT2D eigenvalue weighted by Gasteiger charge is -2.17. The summed E-state index contributed by atoms with van der Waals surface area (Å²) in [7, 11) is 0. The van der Waals surface area contributed by atoms with Crippen molar-refractivity contribution in [3.63, 3.8) is 0 Å². The topological polar surface area (TPSA) is 52.6 Å². The van der Waals surface area contributed by atoms with Gasteiger partial charge in [0.1, 0.15) is 12.7 Å². The van der Waals surface area contributed by atoms with E-state index in [1.807, 2.05) is 0 Å². The molecule has 172 valence electrons. The van der Waals surface area contributed by atoms with Crippen LogP contribution in [0.1, 0.15) is 136 Å². The Bertz CT molecular complexity index is 381. The highest BCUT2D eigenvalue weighted by atomic mass is 16.6. The third-order valence-electron chi connectivity index (χ3n) is 5.31. The van der Waals surface area contributed by atoms with E-state index in [2.05, 4.69) is 20.8 Å². The van der Waals surface area contributed by atoms with Crippen LogP contribution in [0.4, 0.5) is 0 Å². The second-order valence-electron chi connectivity index (χ2n) is 8.33. The summed E-state index contributed by atoms with van der Waals surface area (Å²) in [5.41, 5.74) is 0. The largest absolute Gasteiger partial charge is 0.462 e. The number of rotatable bonds is 21. The number of hydrogen-bond acceptors (Lipinski definition) is 4. The summed E-state index contributed by atoms with van der Waals surface area (Å²) in [5, 5.41) is 0. The molecule has 0 N–H and O–H groups in total.